The van der Waals surface area contributed by atoms with Crippen LogP contribution in [-0.2, 0) is 9.59 Å². The van der Waals surface area contributed by atoms with Crippen LogP contribution in [0.3, 0.4) is 0 Å². The standard InChI is InChI=1S/C12H21NO3/c1-12(2,3)7-9(11(15)16)8-13-6-4-5-10(13)14/h9H,4-8H2,1-3H3,(H,15,16). The maximum Gasteiger partial charge on any atom is 0.308 e. The Morgan fingerprint density at radius 2 is 2.12 bits per heavy atom. The minimum absolute atomic E-state index is 0.0220. The molecule has 1 amide bonds. The van der Waals surface area contributed by atoms with Crippen LogP contribution < -0.4 is 0 Å². The second-order valence-electron chi connectivity index (χ2n) is 5.74. The maximum absolute atomic E-state index is 11.4. The quantitative estimate of drug-likeness (QED) is 0.796. The SMILES string of the molecule is CC(C)(C)CC(CN1CCCC1=O)C(=O)O. The van der Waals surface area contributed by atoms with Gasteiger partial charge < -0.3 is 10.0 Å². The van der Waals surface area contributed by atoms with Gasteiger partial charge in [-0.3, -0.25) is 9.59 Å². The third kappa shape index (κ3) is 3.83. The monoisotopic (exact) mass is 227 g/mol. The first-order valence-corrected chi connectivity index (χ1v) is 5.80. The van der Waals surface area contributed by atoms with Gasteiger partial charge >= 0.3 is 5.97 Å². The molecule has 0 aromatic heterocycles. The van der Waals surface area contributed by atoms with Crippen LogP contribution in [0.25, 0.3) is 0 Å². The fourth-order valence-electron chi connectivity index (χ4n) is 2.13. The number of carbonyl (C=O) groups is 2. The van der Waals surface area contributed by atoms with Gasteiger partial charge in [-0.05, 0) is 18.3 Å². The van der Waals surface area contributed by atoms with E-state index in [0.29, 0.717) is 25.9 Å². The average molecular weight is 227 g/mol. The second-order valence-corrected chi connectivity index (χ2v) is 5.74. The zero-order chi connectivity index (χ0) is 12.3. The lowest BCUT2D eigenvalue weighted by Crippen LogP contribution is -2.35. The highest BCUT2D eigenvalue weighted by Gasteiger charge is 2.30. The number of hydrogen-bond donors (Lipinski definition) is 1. The summed E-state index contributed by atoms with van der Waals surface area (Å²) in [7, 11) is 0. The number of hydrogen-bond acceptors (Lipinski definition) is 2. The first kappa shape index (κ1) is 13.0. The van der Waals surface area contributed by atoms with Crippen molar-refractivity contribution in [3.05, 3.63) is 0 Å². The third-order valence-electron chi connectivity index (χ3n) is 2.82. The van der Waals surface area contributed by atoms with E-state index < -0.39 is 11.9 Å². The topological polar surface area (TPSA) is 57.6 Å². The van der Waals surface area contributed by atoms with Gasteiger partial charge in [-0.25, -0.2) is 0 Å². The molecule has 92 valence electrons. The smallest absolute Gasteiger partial charge is 0.308 e. The predicted molar refractivity (Wildman–Crippen MR) is 61.0 cm³/mol. The minimum Gasteiger partial charge on any atom is -0.481 e. The maximum atomic E-state index is 11.4. The highest BCUT2D eigenvalue weighted by molar-refractivity contribution is 5.79. The Kier molecular flexibility index (Phi) is 3.94. The molecule has 0 spiro atoms. The van der Waals surface area contributed by atoms with Crippen molar-refractivity contribution in [2.24, 2.45) is 11.3 Å². The van der Waals surface area contributed by atoms with Gasteiger partial charge in [0, 0.05) is 19.5 Å². The molecule has 0 radical (unpaired) electrons. The number of amides is 1. The minimum atomic E-state index is -0.797. The molecule has 1 atom stereocenters. The van der Waals surface area contributed by atoms with E-state index in [1.807, 2.05) is 20.8 Å². The molecule has 4 heteroatoms. The average Bonchev–Trinajstić information content (AvgIpc) is 2.48. The van der Waals surface area contributed by atoms with Crippen molar-refractivity contribution >= 4 is 11.9 Å². The van der Waals surface area contributed by atoms with Crippen molar-refractivity contribution in [1.29, 1.82) is 0 Å². The molecule has 1 rings (SSSR count). The van der Waals surface area contributed by atoms with Gasteiger partial charge in [0.15, 0.2) is 0 Å². The predicted octanol–water partition coefficient (Wildman–Crippen LogP) is 1.75. The fraction of sp³-hybridized carbons (Fsp3) is 0.833. The van der Waals surface area contributed by atoms with Crippen molar-refractivity contribution in [3.63, 3.8) is 0 Å². The van der Waals surface area contributed by atoms with Crippen LogP contribution in [0.15, 0.2) is 0 Å². The fourth-order valence-corrected chi connectivity index (χ4v) is 2.13. The molecule has 0 aliphatic carbocycles. The zero-order valence-corrected chi connectivity index (χ0v) is 10.3. The van der Waals surface area contributed by atoms with Gasteiger partial charge in [0.05, 0.1) is 5.92 Å². The van der Waals surface area contributed by atoms with E-state index in [2.05, 4.69) is 0 Å². The van der Waals surface area contributed by atoms with Crippen LogP contribution in [0.4, 0.5) is 0 Å². The Morgan fingerprint density at radius 3 is 2.50 bits per heavy atom. The Balaban J connectivity index is 2.58. The molecule has 0 aromatic carbocycles. The van der Waals surface area contributed by atoms with Crippen molar-refractivity contribution in [1.82, 2.24) is 4.90 Å². The Hall–Kier alpha value is -1.06. The molecule has 0 aromatic rings. The van der Waals surface area contributed by atoms with E-state index in [-0.39, 0.29) is 11.3 Å². The van der Waals surface area contributed by atoms with Gasteiger partial charge in [0.2, 0.25) is 5.91 Å². The van der Waals surface area contributed by atoms with Crippen molar-refractivity contribution in [2.45, 2.75) is 40.0 Å². The lowest BCUT2D eigenvalue weighted by molar-refractivity contribution is -0.144. The first-order chi connectivity index (χ1) is 7.29. The van der Waals surface area contributed by atoms with Crippen LogP contribution in [0.2, 0.25) is 0 Å². The number of likely N-dealkylation sites (tertiary alicyclic amines) is 1. The Bertz CT molecular complexity index is 280. The van der Waals surface area contributed by atoms with Gasteiger partial charge in [0.25, 0.3) is 0 Å². The van der Waals surface area contributed by atoms with E-state index in [0.717, 1.165) is 6.42 Å². The van der Waals surface area contributed by atoms with Crippen molar-refractivity contribution < 1.29 is 14.7 Å². The molecule has 1 aliphatic heterocycles. The summed E-state index contributed by atoms with van der Waals surface area (Å²) in [6, 6.07) is 0. The first-order valence-electron chi connectivity index (χ1n) is 5.80. The van der Waals surface area contributed by atoms with Crippen LogP contribution >= 0.6 is 0 Å². The van der Waals surface area contributed by atoms with Crippen LogP contribution in [0.5, 0.6) is 0 Å². The number of carboxylic acid groups (broad SMARTS) is 1. The molecular formula is C12H21NO3. The van der Waals surface area contributed by atoms with Crippen molar-refractivity contribution in [2.75, 3.05) is 13.1 Å². The molecule has 0 saturated carbocycles. The van der Waals surface area contributed by atoms with E-state index >= 15 is 0 Å². The highest BCUT2D eigenvalue weighted by Crippen LogP contribution is 2.26. The van der Waals surface area contributed by atoms with Gasteiger partial charge in [0.1, 0.15) is 0 Å². The van der Waals surface area contributed by atoms with Crippen LogP contribution in [0.1, 0.15) is 40.0 Å². The summed E-state index contributed by atoms with van der Waals surface area (Å²) in [6.45, 7) is 7.15. The molecule has 0 bridgehead atoms. The summed E-state index contributed by atoms with van der Waals surface area (Å²) in [5.74, 6) is -1.14. The second kappa shape index (κ2) is 4.85. The highest BCUT2D eigenvalue weighted by atomic mass is 16.4. The molecule has 1 aliphatic rings. The molecule has 1 N–H and O–H groups in total. The summed E-state index contributed by atoms with van der Waals surface area (Å²) < 4.78 is 0. The molecule has 4 nitrogen and oxygen atoms in total. The summed E-state index contributed by atoms with van der Waals surface area (Å²) in [5, 5.41) is 9.15. The molecule has 1 fully saturated rings. The summed E-state index contributed by atoms with van der Waals surface area (Å²) in [4.78, 5) is 24.2. The van der Waals surface area contributed by atoms with E-state index in [1.165, 1.54) is 0 Å². The molecule has 16 heavy (non-hydrogen) atoms. The summed E-state index contributed by atoms with van der Waals surface area (Å²) >= 11 is 0. The number of nitrogens with zero attached hydrogens (tertiary/aromatic N) is 1. The van der Waals surface area contributed by atoms with E-state index in [1.54, 1.807) is 4.90 Å². The summed E-state index contributed by atoms with van der Waals surface area (Å²) in [6.07, 6.45) is 2.04. The molecule has 1 unspecified atom stereocenters. The van der Waals surface area contributed by atoms with Gasteiger partial charge in [-0.15, -0.1) is 0 Å². The largest absolute Gasteiger partial charge is 0.481 e. The number of rotatable bonds is 4. The van der Waals surface area contributed by atoms with E-state index in [9.17, 15) is 9.59 Å². The number of aliphatic carboxylic acids is 1. The lowest BCUT2D eigenvalue weighted by Gasteiger charge is -2.26. The third-order valence-corrected chi connectivity index (χ3v) is 2.82. The van der Waals surface area contributed by atoms with Crippen LogP contribution in [0, 0.1) is 11.3 Å². The van der Waals surface area contributed by atoms with Crippen LogP contribution in [-0.4, -0.2) is 35.0 Å². The van der Waals surface area contributed by atoms with Crippen molar-refractivity contribution in [3.8, 4) is 0 Å². The Morgan fingerprint density at radius 1 is 1.50 bits per heavy atom. The van der Waals surface area contributed by atoms with E-state index in [4.69, 9.17) is 5.11 Å². The summed E-state index contributed by atoms with van der Waals surface area (Å²) in [5.41, 5.74) is -0.0220. The van der Waals surface area contributed by atoms with Gasteiger partial charge in [-0.1, -0.05) is 20.8 Å². The Labute approximate surface area is 96.6 Å². The lowest BCUT2D eigenvalue weighted by atomic mass is 9.84. The van der Waals surface area contributed by atoms with Gasteiger partial charge in [-0.2, -0.15) is 0 Å². The molecule has 1 heterocycles. The molecule has 1 saturated heterocycles. The number of carboxylic acids is 1. The zero-order valence-electron chi connectivity index (χ0n) is 10.3. The number of carbonyl (C=O) groups excluding carboxylic acids is 1. The molecular weight excluding hydrogens is 206 g/mol. The normalized spacial score (nSPS) is 18.9.